The number of Topliss-reactive ketones (excluding diaryl/α,β-unsaturated/α-hetero) is 6. The summed E-state index contributed by atoms with van der Waals surface area (Å²) in [5, 5.41) is 22.3. The molecular weight excluding hydrogens is 472 g/mol. The third-order valence-electron chi connectivity index (χ3n) is 7.82. The molecule has 1 amide bonds. The first-order chi connectivity index (χ1) is 16.7. The van der Waals surface area contributed by atoms with Crippen LogP contribution in [0.15, 0.2) is 6.07 Å². The molecule has 0 spiro atoms. The van der Waals surface area contributed by atoms with Gasteiger partial charge in [0.15, 0.2) is 46.2 Å². The van der Waals surface area contributed by atoms with Crippen molar-refractivity contribution in [2.75, 3.05) is 14.1 Å². The summed E-state index contributed by atoms with van der Waals surface area (Å²) < 4.78 is 0. The van der Waals surface area contributed by atoms with Gasteiger partial charge in [0.05, 0.1) is 23.1 Å². The number of carbonyl (C=O) groups is 7. The number of phenols is 1. The van der Waals surface area contributed by atoms with E-state index in [0.717, 1.165) is 6.92 Å². The molecule has 190 valence electrons. The molecule has 0 aliphatic heterocycles. The fourth-order valence-corrected chi connectivity index (χ4v) is 6.25. The van der Waals surface area contributed by atoms with Gasteiger partial charge in [0.1, 0.15) is 5.75 Å². The average molecular weight is 498 g/mol. The van der Waals surface area contributed by atoms with Gasteiger partial charge in [0.2, 0.25) is 5.91 Å². The number of nitrogens with two attached hydrogens (primary N) is 1. The lowest BCUT2D eigenvalue weighted by Crippen LogP contribution is -2.74. The van der Waals surface area contributed by atoms with Gasteiger partial charge in [-0.25, -0.2) is 0 Å². The van der Waals surface area contributed by atoms with Crippen molar-refractivity contribution in [1.82, 2.24) is 4.90 Å². The number of aliphatic hydroxyl groups is 1. The van der Waals surface area contributed by atoms with E-state index in [1.54, 1.807) is 0 Å². The van der Waals surface area contributed by atoms with Gasteiger partial charge in [0, 0.05) is 11.5 Å². The predicted octanol–water partition coefficient (Wildman–Crippen LogP) is -0.728. The van der Waals surface area contributed by atoms with Crippen molar-refractivity contribution in [3.05, 3.63) is 28.3 Å². The Balaban J connectivity index is 1.93. The number of nitrogens with zero attached hydrogens (tertiary/aromatic N) is 1. The van der Waals surface area contributed by atoms with Crippen LogP contribution in [-0.2, 0) is 25.6 Å². The van der Waals surface area contributed by atoms with Gasteiger partial charge in [-0.15, -0.1) is 0 Å². The van der Waals surface area contributed by atoms with Crippen molar-refractivity contribution in [1.29, 1.82) is 0 Å². The average Bonchev–Trinajstić information content (AvgIpc) is 2.75. The Morgan fingerprint density at radius 1 is 1.03 bits per heavy atom. The molecule has 36 heavy (non-hydrogen) atoms. The highest BCUT2D eigenvalue weighted by Gasteiger charge is 2.69. The van der Waals surface area contributed by atoms with Crippen LogP contribution in [0.2, 0.25) is 0 Å². The molecule has 6 atom stereocenters. The van der Waals surface area contributed by atoms with Crippen LogP contribution < -0.4 is 5.73 Å². The van der Waals surface area contributed by atoms with Crippen LogP contribution in [0.25, 0.3) is 0 Å². The summed E-state index contributed by atoms with van der Waals surface area (Å²) in [6.45, 7) is 2.38. The van der Waals surface area contributed by atoms with Crippen molar-refractivity contribution >= 4 is 40.6 Å². The topological polar surface area (TPSA) is 189 Å². The third-order valence-corrected chi connectivity index (χ3v) is 7.82. The molecule has 11 heteroatoms. The number of fused-ring (bicyclic) bond motifs is 3. The van der Waals surface area contributed by atoms with Crippen molar-refractivity contribution in [2.24, 2.45) is 29.4 Å². The van der Waals surface area contributed by atoms with Crippen LogP contribution in [0.5, 0.6) is 5.75 Å². The van der Waals surface area contributed by atoms with Crippen LogP contribution in [0.1, 0.15) is 56.9 Å². The second kappa shape index (κ2) is 8.24. The van der Waals surface area contributed by atoms with Crippen LogP contribution >= 0.6 is 0 Å². The number of likely N-dealkylation sites (N-methyl/N-ethyl adjacent to an activating group) is 1. The summed E-state index contributed by atoms with van der Waals surface area (Å²) in [5.41, 5.74) is 2.01. The SMILES string of the molecule is CC(=O)c1cc(C(C)=O)c2c(c1O)C(=O)C1C(=O)[C@@]3(O)C(=O)C(C(N)=O)C(=O)[C@H](N(C)C)[C@H]3C[C@H]1C2. The number of ketones is 6. The fourth-order valence-electron chi connectivity index (χ4n) is 6.25. The van der Waals surface area contributed by atoms with E-state index in [1.807, 2.05) is 0 Å². The molecule has 4 N–H and O–H groups in total. The highest BCUT2D eigenvalue weighted by Crippen LogP contribution is 2.51. The van der Waals surface area contributed by atoms with Crippen molar-refractivity contribution < 1.29 is 43.8 Å². The Kier molecular flexibility index (Phi) is 5.84. The number of primary amides is 1. The van der Waals surface area contributed by atoms with E-state index in [9.17, 15) is 43.8 Å². The van der Waals surface area contributed by atoms with Gasteiger partial charge < -0.3 is 15.9 Å². The quantitative estimate of drug-likeness (QED) is 0.352. The molecule has 3 aliphatic carbocycles. The molecule has 2 unspecified atom stereocenters. The molecule has 3 aliphatic rings. The molecule has 0 saturated heterocycles. The molecule has 4 rings (SSSR count). The number of amides is 1. The van der Waals surface area contributed by atoms with Crippen molar-refractivity contribution in [3.63, 3.8) is 0 Å². The molecule has 0 heterocycles. The zero-order valence-corrected chi connectivity index (χ0v) is 20.2. The Hall–Kier alpha value is -3.57. The lowest BCUT2D eigenvalue weighted by molar-refractivity contribution is -0.181. The molecular formula is C25H26N2O9. The second-order valence-corrected chi connectivity index (χ2v) is 10.1. The highest BCUT2D eigenvalue weighted by molar-refractivity contribution is 6.32. The number of rotatable bonds is 4. The normalized spacial score (nSPS) is 31.6. The summed E-state index contributed by atoms with van der Waals surface area (Å²) >= 11 is 0. The minimum absolute atomic E-state index is 0.0434. The zero-order valence-electron chi connectivity index (χ0n) is 20.2. The number of aromatic hydroxyl groups is 1. The molecule has 1 aromatic carbocycles. The number of phenolic OH excluding ortho intramolecular Hbond substituents is 1. The van der Waals surface area contributed by atoms with Crippen LogP contribution in [0, 0.1) is 23.7 Å². The van der Waals surface area contributed by atoms with Gasteiger partial charge in [0.25, 0.3) is 0 Å². The number of hydrogen-bond donors (Lipinski definition) is 3. The van der Waals surface area contributed by atoms with E-state index >= 15 is 0 Å². The highest BCUT2D eigenvalue weighted by atomic mass is 16.3. The number of carbonyl (C=O) groups excluding carboxylic acids is 7. The van der Waals surface area contributed by atoms with E-state index in [0.29, 0.717) is 0 Å². The van der Waals surface area contributed by atoms with Gasteiger partial charge in [-0.3, -0.25) is 38.5 Å². The fraction of sp³-hybridized carbons (Fsp3) is 0.480. The molecule has 11 nitrogen and oxygen atoms in total. The number of benzene rings is 1. The third kappa shape index (κ3) is 3.22. The van der Waals surface area contributed by atoms with Crippen LogP contribution in [0.3, 0.4) is 0 Å². The minimum atomic E-state index is -2.84. The van der Waals surface area contributed by atoms with E-state index in [2.05, 4.69) is 0 Å². The molecule has 2 saturated carbocycles. The van der Waals surface area contributed by atoms with E-state index in [-0.39, 0.29) is 35.1 Å². The van der Waals surface area contributed by atoms with E-state index < -0.39 is 81.7 Å². The van der Waals surface area contributed by atoms with Gasteiger partial charge in [-0.1, -0.05) is 0 Å². The Morgan fingerprint density at radius 2 is 1.61 bits per heavy atom. The largest absolute Gasteiger partial charge is 0.506 e. The molecule has 2 fully saturated rings. The summed E-state index contributed by atoms with van der Waals surface area (Å²) in [6.07, 6.45) is -0.178. The maximum absolute atomic E-state index is 13.7. The van der Waals surface area contributed by atoms with Gasteiger partial charge in [-0.2, -0.15) is 0 Å². The smallest absolute Gasteiger partial charge is 0.235 e. The zero-order chi connectivity index (χ0) is 27.0. The first-order valence-electron chi connectivity index (χ1n) is 11.4. The lowest BCUT2D eigenvalue weighted by Gasteiger charge is -2.52. The molecule has 1 aromatic rings. The molecule has 0 radical (unpaired) electrons. The molecule has 0 bridgehead atoms. The Labute approximate surface area is 205 Å². The Bertz CT molecular complexity index is 1300. The second-order valence-electron chi connectivity index (χ2n) is 10.1. The predicted molar refractivity (Wildman–Crippen MR) is 121 cm³/mol. The van der Waals surface area contributed by atoms with Crippen LogP contribution in [-0.4, -0.2) is 81.5 Å². The van der Waals surface area contributed by atoms with Crippen molar-refractivity contribution in [3.8, 4) is 5.75 Å². The summed E-state index contributed by atoms with van der Waals surface area (Å²) in [4.78, 5) is 91.6. The molecule has 0 aromatic heterocycles. The maximum Gasteiger partial charge on any atom is 0.235 e. The van der Waals surface area contributed by atoms with Gasteiger partial charge >= 0.3 is 0 Å². The Morgan fingerprint density at radius 3 is 2.11 bits per heavy atom. The standard InChI is InChI=1S/C25H26N2O9/c1-8(28)11-7-12(9(2)29)19(30)16-13(11)5-10-6-14-18(27(3)4)21(32)17(24(26)35)23(34)25(14,36)22(33)15(10)20(16)31/h7,10,14-15,17-18,30,36H,5-6H2,1-4H3,(H2,26,35)/t10-,14-,15?,17?,18-,25-/m1/s1. The summed E-state index contributed by atoms with van der Waals surface area (Å²) in [6, 6.07) is -0.00591. The summed E-state index contributed by atoms with van der Waals surface area (Å²) in [5.74, 6) is -13.1. The minimum Gasteiger partial charge on any atom is -0.506 e. The van der Waals surface area contributed by atoms with Crippen LogP contribution in [0.4, 0.5) is 0 Å². The first kappa shape index (κ1) is 25.5. The lowest BCUT2D eigenvalue weighted by atomic mass is 9.52. The van der Waals surface area contributed by atoms with Gasteiger partial charge in [-0.05, 0) is 58.3 Å². The van der Waals surface area contributed by atoms with E-state index in [4.69, 9.17) is 5.73 Å². The maximum atomic E-state index is 13.7. The number of hydrogen-bond acceptors (Lipinski definition) is 10. The monoisotopic (exact) mass is 498 g/mol. The summed E-state index contributed by atoms with van der Waals surface area (Å²) in [7, 11) is 2.98. The van der Waals surface area contributed by atoms with E-state index in [1.165, 1.54) is 32.0 Å². The van der Waals surface area contributed by atoms with Crippen molar-refractivity contribution in [2.45, 2.75) is 38.3 Å². The first-order valence-corrected chi connectivity index (χ1v) is 11.4.